The second kappa shape index (κ2) is 7.66. The van der Waals surface area contributed by atoms with Crippen molar-refractivity contribution in [1.82, 2.24) is 4.40 Å². The van der Waals surface area contributed by atoms with E-state index >= 15 is 0 Å². The number of pyridine rings is 1. The van der Waals surface area contributed by atoms with Gasteiger partial charge in [-0.05, 0) is 60.6 Å². The Kier molecular flexibility index (Phi) is 5.87. The van der Waals surface area contributed by atoms with Gasteiger partial charge in [-0.3, -0.25) is 0 Å². The molecule has 0 aliphatic rings. The van der Waals surface area contributed by atoms with Gasteiger partial charge in [-0.2, -0.15) is 0 Å². The minimum Gasteiger partial charge on any atom is -0.462 e. The van der Waals surface area contributed by atoms with Gasteiger partial charge >= 0.3 is 17.9 Å². The fraction of sp³-hybridized carbons (Fsp3) is 0.476. The topological polar surface area (TPSA) is 83.3 Å². The predicted molar refractivity (Wildman–Crippen MR) is 104 cm³/mol. The van der Waals surface area contributed by atoms with E-state index in [0.717, 1.165) is 0 Å². The van der Waals surface area contributed by atoms with E-state index < -0.39 is 29.1 Å². The molecule has 0 amide bonds. The molecule has 0 aliphatic heterocycles. The lowest BCUT2D eigenvalue weighted by Crippen LogP contribution is -2.29. The average molecular weight is 389 g/mol. The van der Waals surface area contributed by atoms with Crippen molar-refractivity contribution >= 4 is 23.4 Å². The van der Waals surface area contributed by atoms with Crippen LogP contribution in [0.3, 0.4) is 0 Å². The zero-order valence-electron chi connectivity index (χ0n) is 17.4. The number of ether oxygens (including phenoxy) is 3. The standard InChI is InChI=1S/C21H27NO6/c1-8-26-17(23)14-13-11-9-10-12-22(13)16(19(25)28-21(5,6)7)15(14)18(24)27-20(2,3)4/h9-12H,8H2,1-7H3. The number of carbonyl (C=O) groups is 3. The number of aromatic nitrogens is 1. The summed E-state index contributed by atoms with van der Waals surface area (Å²) in [6.45, 7) is 12.1. The molecule has 2 heterocycles. The van der Waals surface area contributed by atoms with Gasteiger partial charge in [0.05, 0.1) is 12.1 Å². The summed E-state index contributed by atoms with van der Waals surface area (Å²) < 4.78 is 17.6. The molecule has 2 aromatic heterocycles. The molecule has 0 bridgehead atoms. The van der Waals surface area contributed by atoms with Crippen molar-refractivity contribution in [2.75, 3.05) is 6.61 Å². The summed E-state index contributed by atoms with van der Waals surface area (Å²) in [6, 6.07) is 5.03. The summed E-state index contributed by atoms with van der Waals surface area (Å²) in [6.07, 6.45) is 1.59. The Morgan fingerprint density at radius 2 is 1.43 bits per heavy atom. The monoisotopic (exact) mass is 389 g/mol. The molecular weight excluding hydrogens is 362 g/mol. The number of carbonyl (C=O) groups excluding carboxylic acids is 3. The third kappa shape index (κ3) is 4.71. The molecule has 0 atom stereocenters. The third-order valence-electron chi connectivity index (χ3n) is 3.52. The number of hydrogen-bond donors (Lipinski definition) is 0. The number of esters is 3. The van der Waals surface area contributed by atoms with E-state index in [2.05, 4.69) is 0 Å². The fourth-order valence-electron chi connectivity index (χ4n) is 2.67. The molecule has 28 heavy (non-hydrogen) atoms. The first-order valence-electron chi connectivity index (χ1n) is 9.12. The van der Waals surface area contributed by atoms with Gasteiger partial charge in [0.2, 0.25) is 0 Å². The van der Waals surface area contributed by atoms with Crippen LogP contribution in [0.4, 0.5) is 0 Å². The average Bonchev–Trinajstić information content (AvgIpc) is 2.87. The first kappa shape index (κ1) is 21.5. The molecule has 0 radical (unpaired) electrons. The number of fused-ring (bicyclic) bond motifs is 1. The van der Waals surface area contributed by atoms with Gasteiger partial charge in [-0.15, -0.1) is 0 Å². The van der Waals surface area contributed by atoms with Gasteiger partial charge in [-0.1, -0.05) is 6.07 Å². The van der Waals surface area contributed by atoms with E-state index in [9.17, 15) is 14.4 Å². The molecule has 0 aliphatic carbocycles. The molecule has 2 rings (SSSR count). The van der Waals surface area contributed by atoms with Crippen LogP contribution >= 0.6 is 0 Å². The number of rotatable bonds is 4. The Labute approximate surface area is 164 Å². The van der Waals surface area contributed by atoms with Gasteiger partial charge in [0.1, 0.15) is 28.0 Å². The zero-order chi connectivity index (χ0) is 21.3. The van der Waals surface area contributed by atoms with Gasteiger partial charge < -0.3 is 18.6 Å². The normalized spacial score (nSPS) is 12.0. The van der Waals surface area contributed by atoms with Gasteiger partial charge in [0, 0.05) is 6.20 Å². The van der Waals surface area contributed by atoms with Crippen molar-refractivity contribution in [3.63, 3.8) is 0 Å². The van der Waals surface area contributed by atoms with Crippen molar-refractivity contribution in [2.24, 2.45) is 0 Å². The highest BCUT2D eigenvalue weighted by atomic mass is 16.6. The number of hydrogen-bond acceptors (Lipinski definition) is 6. The van der Waals surface area contributed by atoms with Crippen LogP contribution in [0.1, 0.15) is 79.7 Å². The van der Waals surface area contributed by atoms with Crippen molar-refractivity contribution in [3.05, 3.63) is 41.2 Å². The highest BCUT2D eigenvalue weighted by Crippen LogP contribution is 2.29. The maximum absolute atomic E-state index is 13.0. The van der Waals surface area contributed by atoms with E-state index in [1.54, 1.807) is 72.9 Å². The Morgan fingerprint density at radius 3 is 1.96 bits per heavy atom. The molecule has 0 unspecified atom stereocenters. The fourth-order valence-corrected chi connectivity index (χ4v) is 2.67. The van der Waals surface area contributed by atoms with Crippen molar-refractivity contribution in [1.29, 1.82) is 0 Å². The van der Waals surface area contributed by atoms with Gasteiger partial charge in [0.25, 0.3) is 0 Å². The molecule has 0 fully saturated rings. The van der Waals surface area contributed by atoms with Crippen LogP contribution in [0, 0.1) is 0 Å². The summed E-state index contributed by atoms with van der Waals surface area (Å²) >= 11 is 0. The molecular formula is C21H27NO6. The third-order valence-corrected chi connectivity index (χ3v) is 3.52. The summed E-state index contributed by atoms with van der Waals surface area (Å²) in [4.78, 5) is 38.6. The van der Waals surface area contributed by atoms with Crippen LogP contribution in [0.25, 0.3) is 5.52 Å². The van der Waals surface area contributed by atoms with E-state index in [1.165, 1.54) is 4.40 Å². The van der Waals surface area contributed by atoms with E-state index in [4.69, 9.17) is 14.2 Å². The lowest BCUT2D eigenvalue weighted by Gasteiger charge is -2.22. The minimum atomic E-state index is -0.817. The predicted octanol–water partition coefficient (Wildman–Crippen LogP) is 4.03. The first-order valence-corrected chi connectivity index (χ1v) is 9.12. The second-order valence-corrected chi connectivity index (χ2v) is 8.28. The lowest BCUT2D eigenvalue weighted by molar-refractivity contribution is 0.00123. The minimum absolute atomic E-state index is 0.0161. The molecule has 7 heteroatoms. The van der Waals surface area contributed by atoms with Crippen molar-refractivity contribution in [3.8, 4) is 0 Å². The molecule has 7 nitrogen and oxygen atoms in total. The summed E-state index contributed by atoms with van der Waals surface area (Å²) in [5.41, 5.74) is -1.48. The van der Waals surface area contributed by atoms with E-state index in [1.807, 2.05) is 0 Å². The van der Waals surface area contributed by atoms with Gasteiger partial charge in [-0.25, -0.2) is 14.4 Å². The Balaban J connectivity index is 2.81. The van der Waals surface area contributed by atoms with Crippen LogP contribution in [0.5, 0.6) is 0 Å². The summed E-state index contributed by atoms with van der Waals surface area (Å²) in [5, 5.41) is 0. The molecule has 0 spiro atoms. The van der Waals surface area contributed by atoms with Crippen LogP contribution < -0.4 is 0 Å². The van der Waals surface area contributed by atoms with E-state index in [-0.39, 0.29) is 23.4 Å². The largest absolute Gasteiger partial charge is 0.462 e. The quantitative estimate of drug-likeness (QED) is 0.580. The van der Waals surface area contributed by atoms with Crippen LogP contribution in [-0.4, -0.2) is 40.1 Å². The van der Waals surface area contributed by atoms with Crippen molar-refractivity contribution < 1.29 is 28.6 Å². The molecule has 0 saturated heterocycles. The molecule has 0 saturated carbocycles. The molecule has 152 valence electrons. The van der Waals surface area contributed by atoms with Crippen LogP contribution in [0.15, 0.2) is 24.4 Å². The highest BCUT2D eigenvalue weighted by Gasteiger charge is 2.36. The summed E-state index contributed by atoms with van der Waals surface area (Å²) in [7, 11) is 0. The lowest BCUT2D eigenvalue weighted by atomic mass is 10.1. The SMILES string of the molecule is CCOC(=O)c1c(C(=O)OC(C)(C)C)c(C(=O)OC(C)(C)C)n2ccccc12. The molecule has 0 aromatic carbocycles. The summed E-state index contributed by atoms with van der Waals surface area (Å²) in [5.74, 6) is -2.23. The number of nitrogens with zero attached hydrogens (tertiary/aromatic N) is 1. The van der Waals surface area contributed by atoms with Crippen molar-refractivity contribution in [2.45, 2.75) is 59.7 Å². The van der Waals surface area contributed by atoms with E-state index in [0.29, 0.717) is 5.52 Å². The Bertz CT molecular complexity index is 911. The Morgan fingerprint density at radius 1 is 0.857 bits per heavy atom. The van der Waals surface area contributed by atoms with Crippen LogP contribution in [-0.2, 0) is 14.2 Å². The maximum atomic E-state index is 13.0. The zero-order valence-corrected chi connectivity index (χ0v) is 17.4. The molecule has 2 aromatic rings. The Hall–Kier alpha value is -2.83. The van der Waals surface area contributed by atoms with Gasteiger partial charge in [0.15, 0.2) is 0 Å². The highest BCUT2D eigenvalue weighted by molar-refractivity contribution is 6.14. The molecule has 0 N–H and O–H groups in total. The second-order valence-electron chi connectivity index (χ2n) is 8.28. The first-order chi connectivity index (χ1) is 12.9. The maximum Gasteiger partial charge on any atom is 0.356 e. The smallest absolute Gasteiger partial charge is 0.356 e. The van der Waals surface area contributed by atoms with Crippen LogP contribution in [0.2, 0.25) is 0 Å².